The summed E-state index contributed by atoms with van der Waals surface area (Å²) in [7, 11) is 0. The molecule has 2 heterocycles. The molecular weight excluding hydrogens is 364 g/mol. The average Bonchev–Trinajstić information content (AvgIpc) is 3.13. The minimum absolute atomic E-state index is 0.0679. The summed E-state index contributed by atoms with van der Waals surface area (Å²) in [6, 6.07) is 11.7. The number of hydrogen-bond acceptors (Lipinski definition) is 3. The Bertz CT molecular complexity index is 971. The molecule has 2 amide bonds. The predicted octanol–water partition coefficient (Wildman–Crippen LogP) is 4.99. The minimum atomic E-state index is -0.0679. The van der Waals surface area contributed by atoms with Gasteiger partial charge >= 0.3 is 6.03 Å². The molecule has 2 N–H and O–H groups in total. The van der Waals surface area contributed by atoms with Crippen molar-refractivity contribution in [1.82, 2.24) is 14.9 Å². The quantitative estimate of drug-likeness (QED) is 0.657. The molecule has 1 aromatic heterocycles. The van der Waals surface area contributed by atoms with Crippen LogP contribution in [0.3, 0.4) is 0 Å². The van der Waals surface area contributed by atoms with Gasteiger partial charge in [-0.2, -0.15) is 0 Å². The number of H-pyrrole nitrogens is 1. The van der Waals surface area contributed by atoms with Gasteiger partial charge in [-0.1, -0.05) is 0 Å². The summed E-state index contributed by atoms with van der Waals surface area (Å²) >= 11 is 0. The van der Waals surface area contributed by atoms with Crippen LogP contribution in [0.25, 0.3) is 11.0 Å². The molecule has 0 aliphatic carbocycles. The van der Waals surface area contributed by atoms with Crippen LogP contribution in [0.1, 0.15) is 42.6 Å². The Labute approximate surface area is 171 Å². The molecule has 1 aliphatic rings. The van der Waals surface area contributed by atoms with Crippen LogP contribution in [0.5, 0.6) is 5.75 Å². The lowest BCUT2D eigenvalue weighted by Gasteiger charge is -2.31. The molecule has 1 fully saturated rings. The molecule has 0 saturated carbocycles. The van der Waals surface area contributed by atoms with E-state index in [0.29, 0.717) is 13.2 Å². The highest BCUT2D eigenvalue weighted by Crippen LogP contribution is 2.28. The van der Waals surface area contributed by atoms with E-state index in [9.17, 15) is 4.79 Å². The number of urea groups is 1. The Morgan fingerprint density at radius 3 is 2.76 bits per heavy atom. The Hall–Kier alpha value is -3.02. The van der Waals surface area contributed by atoms with Crippen LogP contribution in [0.15, 0.2) is 36.4 Å². The number of anilines is 1. The molecule has 2 aromatic carbocycles. The van der Waals surface area contributed by atoms with E-state index in [1.165, 1.54) is 11.1 Å². The molecule has 1 aliphatic heterocycles. The number of carbonyl (C=O) groups excluding carboxylic acids is 1. The molecular formula is C23H28N4O2. The Balaban J connectivity index is 1.44. The van der Waals surface area contributed by atoms with Crippen molar-refractivity contribution in [2.75, 3.05) is 25.0 Å². The third kappa shape index (κ3) is 4.21. The molecule has 0 bridgehead atoms. The van der Waals surface area contributed by atoms with Gasteiger partial charge < -0.3 is 19.9 Å². The van der Waals surface area contributed by atoms with Crippen molar-refractivity contribution in [2.45, 2.75) is 39.5 Å². The molecule has 0 unspecified atom stereocenters. The second-order valence-corrected chi connectivity index (χ2v) is 7.75. The fourth-order valence-corrected chi connectivity index (χ4v) is 3.87. The van der Waals surface area contributed by atoms with Gasteiger partial charge in [0, 0.05) is 24.7 Å². The van der Waals surface area contributed by atoms with Gasteiger partial charge in [-0.05, 0) is 81.1 Å². The molecule has 6 heteroatoms. The van der Waals surface area contributed by atoms with E-state index >= 15 is 0 Å². The fraction of sp³-hybridized carbons (Fsp3) is 0.391. The minimum Gasteiger partial charge on any atom is -0.494 e. The zero-order valence-corrected chi connectivity index (χ0v) is 17.3. The van der Waals surface area contributed by atoms with Gasteiger partial charge in [0.25, 0.3) is 0 Å². The number of likely N-dealkylation sites (tertiary alicyclic amines) is 1. The summed E-state index contributed by atoms with van der Waals surface area (Å²) in [4.78, 5) is 22.9. The van der Waals surface area contributed by atoms with Crippen molar-refractivity contribution < 1.29 is 9.53 Å². The number of carbonyl (C=O) groups is 1. The maximum Gasteiger partial charge on any atom is 0.321 e. The molecule has 6 nitrogen and oxygen atoms in total. The van der Waals surface area contributed by atoms with E-state index < -0.39 is 0 Å². The molecule has 0 spiro atoms. The number of amides is 2. The number of rotatable bonds is 4. The number of imidazole rings is 1. The standard InChI is InChI=1S/C23H28N4O2/c1-4-29-19-9-7-18(8-10-19)24-23(28)27-11-5-6-17(14-27)22-25-20-12-15(2)16(3)13-21(20)26-22/h7-10,12-13,17H,4-6,11,14H2,1-3H3,(H,24,28)(H,25,26)/t17-/m1/s1. The lowest BCUT2D eigenvalue weighted by atomic mass is 9.97. The number of piperidine rings is 1. The highest BCUT2D eigenvalue weighted by atomic mass is 16.5. The third-order valence-electron chi connectivity index (χ3n) is 5.63. The SMILES string of the molecule is CCOc1ccc(NC(=O)N2CCC[C@@H](c3nc4cc(C)c(C)cc4[nH]3)C2)cc1. The van der Waals surface area contributed by atoms with Crippen LogP contribution in [-0.4, -0.2) is 40.6 Å². The summed E-state index contributed by atoms with van der Waals surface area (Å²) in [6.07, 6.45) is 2.00. The molecule has 1 atom stereocenters. The molecule has 4 rings (SSSR count). The zero-order valence-electron chi connectivity index (χ0n) is 17.3. The van der Waals surface area contributed by atoms with Crippen molar-refractivity contribution >= 4 is 22.8 Å². The van der Waals surface area contributed by atoms with Gasteiger partial charge in [0.15, 0.2) is 0 Å². The summed E-state index contributed by atoms with van der Waals surface area (Å²) in [5.41, 5.74) is 5.34. The number of benzene rings is 2. The van der Waals surface area contributed by atoms with Crippen LogP contribution in [0.4, 0.5) is 10.5 Å². The number of aryl methyl sites for hydroxylation is 2. The van der Waals surface area contributed by atoms with Crippen LogP contribution in [-0.2, 0) is 0 Å². The maximum atomic E-state index is 12.8. The van der Waals surface area contributed by atoms with E-state index in [4.69, 9.17) is 9.72 Å². The summed E-state index contributed by atoms with van der Waals surface area (Å²) in [5, 5.41) is 3.00. The Kier molecular flexibility index (Phi) is 5.43. The first kappa shape index (κ1) is 19.3. The zero-order chi connectivity index (χ0) is 20.4. The Morgan fingerprint density at radius 1 is 1.24 bits per heavy atom. The van der Waals surface area contributed by atoms with E-state index in [2.05, 4.69) is 36.3 Å². The normalized spacial score (nSPS) is 16.8. The second kappa shape index (κ2) is 8.15. The van der Waals surface area contributed by atoms with Gasteiger partial charge in [-0.15, -0.1) is 0 Å². The first-order chi connectivity index (χ1) is 14.0. The third-order valence-corrected chi connectivity index (χ3v) is 5.63. The number of nitrogens with one attached hydrogen (secondary N) is 2. The molecule has 1 saturated heterocycles. The molecule has 152 valence electrons. The number of aromatic amines is 1. The highest BCUT2D eigenvalue weighted by Gasteiger charge is 2.27. The van der Waals surface area contributed by atoms with Gasteiger partial charge in [-0.3, -0.25) is 0 Å². The van der Waals surface area contributed by atoms with Crippen molar-refractivity contribution in [3.8, 4) is 5.75 Å². The maximum absolute atomic E-state index is 12.8. The Morgan fingerprint density at radius 2 is 2.00 bits per heavy atom. The van der Waals surface area contributed by atoms with E-state index in [0.717, 1.165) is 47.7 Å². The molecule has 0 radical (unpaired) electrons. The predicted molar refractivity (Wildman–Crippen MR) is 116 cm³/mol. The second-order valence-electron chi connectivity index (χ2n) is 7.75. The summed E-state index contributed by atoms with van der Waals surface area (Å²) in [5.74, 6) is 2.00. The van der Waals surface area contributed by atoms with Crippen LogP contribution < -0.4 is 10.1 Å². The molecule has 29 heavy (non-hydrogen) atoms. The van der Waals surface area contributed by atoms with Crippen molar-refractivity contribution in [1.29, 1.82) is 0 Å². The lowest BCUT2D eigenvalue weighted by molar-refractivity contribution is 0.191. The first-order valence-electron chi connectivity index (χ1n) is 10.3. The van der Waals surface area contributed by atoms with Crippen molar-refractivity contribution in [3.63, 3.8) is 0 Å². The van der Waals surface area contributed by atoms with E-state index in [1.54, 1.807) is 0 Å². The van der Waals surface area contributed by atoms with Crippen LogP contribution >= 0.6 is 0 Å². The topological polar surface area (TPSA) is 70.2 Å². The smallest absolute Gasteiger partial charge is 0.321 e. The van der Waals surface area contributed by atoms with Crippen LogP contribution in [0, 0.1) is 13.8 Å². The highest BCUT2D eigenvalue weighted by molar-refractivity contribution is 5.89. The molecule has 3 aromatic rings. The number of hydrogen-bond donors (Lipinski definition) is 2. The number of fused-ring (bicyclic) bond motifs is 1. The van der Waals surface area contributed by atoms with Gasteiger partial charge in [0.2, 0.25) is 0 Å². The largest absolute Gasteiger partial charge is 0.494 e. The number of aromatic nitrogens is 2. The van der Waals surface area contributed by atoms with Gasteiger partial charge in [-0.25, -0.2) is 9.78 Å². The van der Waals surface area contributed by atoms with Crippen molar-refractivity contribution in [3.05, 3.63) is 53.3 Å². The lowest BCUT2D eigenvalue weighted by Crippen LogP contribution is -2.41. The first-order valence-corrected chi connectivity index (χ1v) is 10.3. The van der Waals surface area contributed by atoms with E-state index in [-0.39, 0.29) is 11.9 Å². The number of nitrogens with zero attached hydrogens (tertiary/aromatic N) is 2. The fourth-order valence-electron chi connectivity index (χ4n) is 3.87. The number of ether oxygens (including phenoxy) is 1. The van der Waals surface area contributed by atoms with Crippen LogP contribution in [0.2, 0.25) is 0 Å². The summed E-state index contributed by atoms with van der Waals surface area (Å²) < 4.78 is 5.45. The average molecular weight is 393 g/mol. The summed E-state index contributed by atoms with van der Waals surface area (Å²) in [6.45, 7) is 8.23. The van der Waals surface area contributed by atoms with Crippen molar-refractivity contribution in [2.24, 2.45) is 0 Å². The van der Waals surface area contributed by atoms with Gasteiger partial charge in [0.05, 0.1) is 17.6 Å². The monoisotopic (exact) mass is 392 g/mol. The van der Waals surface area contributed by atoms with E-state index in [1.807, 2.05) is 36.1 Å². The van der Waals surface area contributed by atoms with Gasteiger partial charge in [0.1, 0.15) is 11.6 Å².